The van der Waals surface area contributed by atoms with Crippen LogP contribution in [0.4, 0.5) is 5.69 Å². The quantitative estimate of drug-likeness (QED) is 0.770. The van der Waals surface area contributed by atoms with Gasteiger partial charge in [-0.1, -0.05) is 12.1 Å². The highest BCUT2D eigenvalue weighted by Gasteiger charge is 2.18. The zero-order chi connectivity index (χ0) is 19.1. The predicted octanol–water partition coefficient (Wildman–Crippen LogP) is 3.57. The van der Waals surface area contributed by atoms with Crippen LogP contribution in [0.2, 0.25) is 0 Å². The minimum absolute atomic E-state index is 0.0793. The second-order valence-electron chi connectivity index (χ2n) is 5.59. The molecule has 0 aromatic heterocycles. The number of ketones is 1. The molecule has 0 aliphatic carbocycles. The number of anilines is 1. The van der Waals surface area contributed by atoms with Crippen LogP contribution in [0.3, 0.4) is 0 Å². The SMILES string of the molecule is CCOc1cc(C#N)ccc1OC(C)C(=O)Nc1cccc(C(C)=O)c1. The summed E-state index contributed by atoms with van der Waals surface area (Å²) in [7, 11) is 0. The van der Waals surface area contributed by atoms with E-state index in [0.29, 0.717) is 34.9 Å². The number of carbonyl (C=O) groups is 2. The van der Waals surface area contributed by atoms with Crippen LogP contribution < -0.4 is 14.8 Å². The lowest BCUT2D eigenvalue weighted by atomic mass is 10.1. The fourth-order valence-electron chi connectivity index (χ4n) is 2.25. The maximum Gasteiger partial charge on any atom is 0.265 e. The summed E-state index contributed by atoms with van der Waals surface area (Å²) in [5, 5.41) is 11.7. The molecule has 0 radical (unpaired) electrons. The van der Waals surface area contributed by atoms with Crippen LogP contribution in [-0.2, 0) is 4.79 Å². The average Bonchev–Trinajstić information content (AvgIpc) is 2.63. The van der Waals surface area contributed by atoms with Crippen molar-refractivity contribution in [1.82, 2.24) is 0 Å². The third-order valence-corrected chi connectivity index (χ3v) is 3.58. The molecule has 1 unspecified atom stereocenters. The Kier molecular flexibility index (Phi) is 6.34. The summed E-state index contributed by atoms with van der Waals surface area (Å²) in [6.45, 7) is 5.30. The average molecular weight is 352 g/mol. The van der Waals surface area contributed by atoms with Crippen molar-refractivity contribution in [1.29, 1.82) is 5.26 Å². The third kappa shape index (κ3) is 4.84. The molecule has 0 aliphatic heterocycles. The molecule has 0 saturated heterocycles. The number of ether oxygens (including phenoxy) is 2. The zero-order valence-corrected chi connectivity index (χ0v) is 14.9. The Labute approximate surface area is 152 Å². The smallest absolute Gasteiger partial charge is 0.265 e. The molecule has 2 rings (SSSR count). The minimum atomic E-state index is -0.803. The highest BCUT2D eigenvalue weighted by Crippen LogP contribution is 2.29. The van der Waals surface area contributed by atoms with Gasteiger partial charge < -0.3 is 14.8 Å². The van der Waals surface area contributed by atoms with Crippen LogP contribution >= 0.6 is 0 Å². The van der Waals surface area contributed by atoms with Crippen molar-refractivity contribution < 1.29 is 19.1 Å². The number of hydrogen-bond acceptors (Lipinski definition) is 5. The summed E-state index contributed by atoms with van der Waals surface area (Å²) in [6, 6.07) is 13.5. The number of carbonyl (C=O) groups excluding carboxylic acids is 2. The molecule has 0 bridgehead atoms. The van der Waals surface area contributed by atoms with Gasteiger partial charge in [0.05, 0.1) is 18.2 Å². The summed E-state index contributed by atoms with van der Waals surface area (Å²) >= 11 is 0. The van der Waals surface area contributed by atoms with Crippen molar-refractivity contribution in [3.8, 4) is 17.6 Å². The third-order valence-electron chi connectivity index (χ3n) is 3.58. The fraction of sp³-hybridized carbons (Fsp3) is 0.250. The first-order valence-electron chi connectivity index (χ1n) is 8.20. The molecule has 1 atom stereocenters. The van der Waals surface area contributed by atoms with E-state index in [4.69, 9.17) is 14.7 Å². The van der Waals surface area contributed by atoms with Gasteiger partial charge in [0.1, 0.15) is 0 Å². The molecule has 0 fully saturated rings. The standard InChI is InChI=1S/C20H20N2O4/c1-4-25-19-10-15(12-21)8-9-18(19)26-14(3)20(24)22-17-7-5-6-16(11-17)13(2)23/h5-11,14H,4H2,1-3H3,(H,22,24). The first kappa shape index (κ1) is 19.0. The molecule has 1 N–H and O–H groups in total. The van der Waals surface area contributed by atoms with E-state index in [9.17, 15) is 9.59 Å². The van der Waals surface area contributed by atoms with Gasteiger partial charge >= 0.3 is 0 Å². The predicted molar refractivity (Wildman–Crippen MR) is 97.5 cm³/mol. The maximum atomic E-state index is 12.4. The van der Waals surface area contributed by atoms with Crippen molar-refractivity contribution >= 4 is 17.4 Å². The van der Waals surface area contributed by atoms with E-state index in [2.05, 4.69) is 5.32 Å². The van der Waals surface area contributed by atoms with Gasteiger partial charge in [0.15, 0.2) is 23.4 Å². The Balaban J connectivity index is 2.11. The molecule has 26 heavy (non-hydrogen) atoms. The largest absolute Gasteiger partial charge is 0.490 e. The lowest BCUT2D eigenvalue weighted by molar-refractivity contribution is -0.122. The number of nitrogens with one attached hydrogen (secondary N) is 1. The first-order chi connectivity index (χ1) is 12.4. The number of benzene rings is 2. The monoisotopic (exact) mass is 352 g/mol. The van der Waals surface area contributed by atoms with E-state index in [1.807, 2.05) is 13.0 Å². The Morgan fingerprint density at radius 3 is 2.62 bits per heavy atom. The molecular formula is C20H20N2O4. The first-order valence-corrected chi connectivity index (χ1v) is 8.20. The van der Waals surface area contributed by atoms with Crippen LogP contribution in [-0.4, -0.2) is 24.4 Å². The van der Waals surface area contributed by atoms with Gasteiger partial charge in [-0.05, 0) is 45.0 Å². The second-order valence-corrected chi connectivity index (χ2v) is 5.59. The van der Waals surface area contributed by atoms with Crippen molar-refractivity contribution in [2.75, 3.05) is 11.9 Å². The van der Waals surface area contributed by atoms with Crippen molar-refractivity contribution in [2.45, 2.75) is 26.9 Å². The van der Waals surface area contributed by atoms with Crippen LogP contribution in [0, 0.1) is 11.3 Å². The second kappa shape index (κ2) is 8.67. The summed E-state index contributed by atoms with van der Waals surface area (Å²) in [5.74, 6) is 0.345. The van der Waals surface area contributed by atoms with Crippen LogP contribution in [0.1, 0.15) is 36.7 Å². The van der Waals surface area contributed by atoms with Gasteiger partial charge in [-0.3, -0.25) is 9.59 Å². The van der Waals surface area contributed by atoms with Crippen molar-refractivity contribution in [3.63, 3.8) is 0 Å². The number of nitriles is 1. The zero-order valence-electron chi connectivity index (χ0n) is 14.9. The van der Waals surface area contributed by atoms with Gasteiger partial charge in [0.2, 0.25) is 0 Å². The Morgan fingerprint density at radius 1 is 1.19 bits per heavy atom. The van der Waals surface area contributed by atoms with Gasteiger partial charge in [0.25, 0.3) is 5.91 Å². The molecular weight excluding hydrogens is 332 g/mol. The molecule has 0 saturated carbocycles. The summed E-state index contributed by atoms with van der Waals surface area (Å²) < 4.78 is 11.2. The van der Waals surface area contributed by atoms with Gasteiger partial charge in [-0.25, -0.2) is 0 Å². The highest BCUT2D eigenvalue weighted by atomic mass is 16.5. The molecule has 2 aromatic rings. The topological polar surface area (TPSA) is 88.4 Å². The molecule has 6 heteroatoms. The number of amides is 1. The molecule has 1 amide bonds. The Bertz CT molecular complexity index is 855. The van der Waals surface area contributed by atoms with Crippen molar-refractivity contribution in [3.05, 3.63) is 53.6 Å². The number of rotatable bonds is 7. The highest BCUT2D eigenvalue weighted by molar-refractivity contribution is 5.98. The molecule has 0 aliphatic rings. The number of Topliss-reactive ketones (excluding diaryl/α,β-unsaturated/α-hetero) is 1. The van der Waals surface area contributed by atoms with E-state index in [1.54, 1.807) is 49.4 Å². The molecule has 2 aromatic carbocycles. The van der Waals surface area contributed by atoms with Gasteiger partial charge in [-0.15, -0.1) is 0 Å². The molecule has 0 spiro atoms. The Morgan fingerprint density at radius 2 is 1.96 bits per heavy atom. The summed E-state index contributed by atoms with van der Waals surface area (Å²) in [4.78, 5) is 23.8. The van der Waals surface area contributed by atoms with E-state index in [-0.39, 0.29) is 11.7 Å². The van der Waals surface area contributed by atoms with E-state index >= 15 is 0 Å². The van der Waals surface area contributed by atoms with E-state index in [1.165, 1.54) is 6.92 Å². The number of nitrogens with zero attached hydrogens (tertiary/aromatic N) is 1. The van der Waals surface area contributed by atoms with Crippen LogP contribution in [0.15, 0.2) is 42.5 Å². The lowest BCUT2D eigenvalue weighted by Gasteiger charge is -2.17. The number of hydrogen-bond donors (Lipinski definition) is 1. The van der Waals surface area contributed by atoms with Crippen molar-refractivity contribution in [2.24, 2.45) is 0 Å². The maximum absolute atomic E-state index is 12.4. The Hall–Kier alpha value is -3.33. The molecule has 134 valence electrons. The molecule has 0 heterocycles. The molecule has 6 nitrogen and oxygen atoms in total. The van der Waals surface area contributed by atoms with Gasteiger partial charge in [0, 0.05) is 17.3 Å². The van der Waals surface area contributed by atoms with Crippen LogP contribution in [0.25, 0.3) is 0 Å². The van der Waals surface area contributed by atoms with E-state index < -0.39 is 6.10 Å². The lowest BCUT2D eigenvalue weighted by Crippen LogP contribution is -2.30. The van der Waals surface area contributed by atoms with E-state index in [0.717, 1.165) is 0 Å². The van der Waals surface area contributed by atoms with Gasteiger partial charge in [-0.2, -0.15) is 5.26 Å². The normalized spacial score (nSPS) is 11.2. The minimum Gasteiger partial charge on any atom is -0.490 e. The fourth-order valence-corrected chi connectivity index (χ4v) is 2.25. The summed E-state index contributed by atoms with van der Waals surface area (Å²) in [5.41, 5.74) is 1.48. The summed E-state index contributed by atoms with van der Waals surface area (Å²) in [6.07, 6.45) is -0.803. The van der Waals surface area contributed by atoms with Crippen LogP contribution in [0.5, 0.6) is 11.5 Å².